The molecule has 0 spiro atoms. The van der Waals surface area contributed by atoms with E-state index in [2.05, 4.69) is 15.6 Å². The summed E-state index contributed by atoms with van der Waals surface area (Å²) >= 11 is 1.13. The average Bonchev–Trinajstić information content (AvgIpc) is 2.61. The number of aromatic nitrogens is 1. The molecule has 8 heteroatoms. The highest BCUT2D eigenvalue weighted by Gasteiger charge is 2.25. The van der Waals surface area contributed by atoms with Gasteiger partial charge in [0.25, 0.3) is 5.91 Å². The first kappa shape index (κ1) is 15.1. The Bertz CT molecular complexity index is 510. The minimum absolute atomic E-state index is 0.146. The van der Waals surface area contributed by atoms with E-state index in [0.717, 1.165) is 11.3 Å². The van der Waals surface area contributed by atoms with Gasteiger partial charge in [0.1, 0.15) is 5.69 Å². The first-order chi connectivity index (χ1) is 8.69. The van der Waals surface area contributed by atoms with E-state index in [1.54, 1.807) is 13.8 Å². The Kier molecular flexibility index (Phi) is 4.60. The number of anilines is 1. The van der Waals surface area contributed by atoms with Crippen molar-refractivity contribution in [2.24, 2.45) is 0 Å². The number of nitrogens with zero attached hydrogens (tertiary/aromatic N) is 1. The standard InChI is InChI=1S/C11H15N3O4S/c1-6(15)12-10-13-7(5-19-10)9(18)14-11(2,3)4-8(16)17/h5H,4H2,1-3H3,(H,14,18)(H,16,17)(H,12,13,15). The Balaban J connectivity index is 2.70. The van der Waals surface area contributed by atoms with Crippen LogP contribution in [0.1, 0.15) is 37.7 Å². The Morgan fingerprint density at radius 2 is 2.05 bits per heavy atom. The van der Waals surface area contributed by atoms with Gasteiger partial charge < -0.3 is 15.7 Å². The number of nitrogens with one attached hydrogen (secondary N) is 2. The fourth-order valence-electron chi connectivity index (χ4n) is 1.38. The van der Waals surface area contributed by atoms with Crippen LogP contribution in [0.3, 0.4) is 0 Å². The molecule has 7 nitrogen and oxygen atoms in total. The van der Waals surface area contributed by atoms with Crippen molar-refractivity contribution < 1.29 is 19.5 Å². The van der Waals surface area contributed by atoms with Crippen molar-refractivity contribution in [1.29, 1.82) is 0 Å². The van der Waals surface area contributed by atoms with Crippen LogP contribution in [0.2, 0.25) is 0 Å². The van der Waals surface area contributed by atoms with Crippen LogP contribution in [-0.2, 0) is 9.59 Å². The molecule has 1 aromatic rings. The lowest BCUT2D eigenvalue weighted by atomic mass is 10.0. The Morgan fingerprint density at radius 1 is 1.42 bits per heavy atom. The number of carboxylic acid groups (broad SMARTS) is 1. The summed E-state index contributed by atoms with van der Waals surface area (Å²) in [5, 5.41) is 15.6. The fraction of sp³-hybridized carbons (Fsp3) is 0.455. The van der Waals surface area contributed by atoms with Crippen LogP contribution >= 0.6 is 11.3 Å². The molecule has 0 saturated carbocycles. The van der Waals surface area contributed by atoms with Crippen LogP contribution in [0, 0.1) is 0 Å². The van der Waals surface area contributed by atoms with Crippen molar-refractivity contribution in [3.05, 3.63) is 11.1 Å². The number of carbonyl (C=O) groups excluding carboxylic acids is 2. The van der Waals surface area contributed by atoms with Crippen LogP contribution in [-0.4, -0.2) is 33.4 Å². The number of carboxylic acids is 1. The summed E-state index contributed by atoms with van der Waals surface area (Å²) in [6.07, 6.45) is -0.193. The van der Waals surface area contributed by atoms with Gasteiger partial charge in [0.15, 0.2) is 5.13 Å². The number of hydrogen-bond donors (Lipinski definition) is 3. The van der Waals surface area contributed by atoms with Gasteiger partial charge in [-0.15, -0.1) is 11.3 Å². The van der Waals surface area contributed by atoms with E-state index < -0.39 is 17.4 Å². The van der Waals surface area contributed by atoms with Crippen LogP contribution in [0.4, 0.5) is 5.13 Å². The molecule has 0 fully saturated rings. The molecule has 19 heavy (non-hydrogen) atoms. The zero-order valence-electron chi connectivity index (χ0n) is 10.8. The minimum Gasteiger partial charge on any atom is -0.481 e. The molecule has 0 aliphatic heterocycles. The van der Waals surface area contributed by atoms with E-state index in [-0.39, 0.29) is 18.0 Å². The van der Waals surface area contributed by atoms with Gasteiger partial charge in [-0.2, -0.15) is 0 Å². The molecular formula is C11H15N3O4S. The quantitative estimate of drug-likeness (QED) is 0.750. The molecular weight excluding hydrogens is 270 g/mol. The molecule has 1 heterocycles. The van der Waals surface area contributed by atoms with Crippen molar-refractivity contribution in [3.8, 4) is 0 Å². The smallest absolute Gasteiger partial charge is 0.305 e. The lowest BCUT2D eigenvalue weighted by Crippen LogP contribution is -2.45. The van der Waals surface area contributed by atoms with Crippen LogP contribution < -0.4 is 10.6 Å². The second-order valence-electron chi connectivity index (χ2n) is 4.63. The van der Waals surface area contributed by atoms with Gasteiger partial charge in [0, 0.05) is 17.8 Å². The molecule has 0 atom stereocenters. The molecule has 0 unspecified atom stereocenters. The maximum absolute atomic E-state index is 11.9. The fourth-order valence-corrected chi connectivity index (χ4v) is 2.12. The van der Waals surface area contributed by atoms with Gasteiger partial charge in [0.05, 0.1) is 6.42 Å². The van der Waals surface area contributed by atoms with Gasteiger partial charge >= 0.3 is 5.97 Å². The highest BCUT2D eigenvalue weighted by atomic mass is 32.1. The predicted octanol–water partition coefficient (Wildman–Crippen LogP) is 1.08. The molecule has 0 radical (unpaired) electrons. The van der Waals surface area contributed by atoms with Gasteiger partial charge in [-0.1, -0.05) is 0 Å². The van der Waals surface area contributed by atoms with E-state index in [0.29, 0.717) is 5.13 Å². The van der Waals surface area contributed by atoms with Crippen molar-refractivity contribution >= 4 is 34.3 Å². The maximum Gasteiger partial charge on any atom is 0.305 e. The average molecular weight is 285 g/mol. The van der Waals surface area contributed by atoms with E-state index in [9.17, 15) is 14.4 Å². The summed E-state index contributed by atoms with van der Waals surface area (Å²) in [5.41, 5.74) is -0.729. The van der Waals surface area contributed by atoms with Gasteiger partial charge in [-0.3, -0.25) is 14.4 Å². The first-order valence-corrected chi connectivity index (χ1v) is 6.35. The first-order valence-electron chi connectivity index (χ1n) is 5.47. The third kappa shape index (κ3) is 5.04. The van der Waals surface area contributed by atoms with Gasteiger partial charge in [0.2, 0.25) is 5.91 Å². The largest absolute Gasteiger partial charge is 0.481 e. The molecule has 1 rings (SSSR count). The molecule has 0 aliphatic rings. The molecule has 3 N–H and O–H groups in total. The zero-order valence-corrected chi connectivity index (χ0v) is 11.6. The second kappa shape index (κ2) is 5.79. The highest BCUT2D eigenvalue weighted by molar-refractivity contribution is 7.14. The topological polar surface area (TPSA) is 108 Å². The summed E-state index contributed by atoms with van der Waals surface area (Å²) in [6.45, 7) is 4.57. The second-order valence-corrected chi connectivity index (χ2v) is 5.49. The third-order valence-electron chi connectivity index (χ3n) is 2.06. The number of aliphatic carboxylic acids is 1. The summed E-state index contributed by atoms with van der Waals surface area (Å²) in [5.74, 6) is -1.74. The molecule has 0 bridgehead atoms. The maximum atomic E-state index is 11.9. The van der Waals surface area contributed by atoms with Crippen LogP contribution in [0.25, 0.3) is 0 Å². The van der Waals surface area contributed by atoms with Crippen molar-refractivity contribution in [3.63, 3.8) is 0 Å². The van der Waals surface area contributed by atoms with E-state index >= 15 is 0 Å². The SMILES string of the molecule is CC(=O)Nc1nc(C(=O)NC(C)(C)CC(=O)O)cs1. The number of rotatable bonds is 5. The van der Waals surface area contributed by atoms with Crippen molar-refractivity contribution in [1.82, 2.24) is 10.3 Å². The third-order valence-corrected chi connectivity index (χ3v) is 2.82. The summed E-state index contributed by atoms with van der Waals surface area (Å²) in [7, 11) is 0. The summed E-state index contributed by atoms with van der Waals surface area (Å²) < 4.78 is 0. The number of hydrogen-bond acceptors (Lipinski definition) is 5. The Hall–Kier alpha value is -1.96. The number of thiazole rings is 1. The normalized spacial score (nSPS) is 10.9. The highest BCUT2D eigenvalue weighted by Crippen LogP contribution is 2.16. The van der Waals surface area contributed by atoms with Gasteiger partial charge in [-0.05, 0) is 13.8 Å². The van der Waals surface area contributed by atoms with Crippen molar-refractivity contribution in [2.45, 2.75) is 32.7 Å². The molecule has 0 saturated heterocycles. The molecule has 104 valence electrons. The summed E-state index contributed by atoms with van der Waals surface area (Å²) in [4.78, 5) is 37.3. The van der Waals surface area contributed by atoms with Crippen LogP contribution in [0.5, 0.6) is 0 Å². The van der Waals surface area contributed by atoms with Gasteiger partial charge in [-0.25, -0.2) is 4.98 Å². The van der Waals surface area contributed by atoms with Crippen LogP contribution in [0.15, 0.2) is 5.38 Å². The number of carbonyl (C=O) groups is 3. The van der Waals surface area contributed by atoms with E-state index in [1.165, 1.54) is 12.3 Å². The lowest BCUT2D eigenvalue weighted by Gasteiger charge is -2.23. The molecule has 2 amide bonds. The monoisotopic (exact) mass is 285 g/mol. The van der Waals surface area contributed by atoms with Crippen molar-refractivity contribution in [2.75, 3.05) is 5.32 Å². The number of amides is 2. The Morgan fingerprint density at radius 3 is 2.58 bits per heavy atom. The predicted molar refractivity (Wildman–Crippen MR) is 70.2 cm³/mol. The summed E-state index contributed by atoms with van der Waals surface area (Å²) in [6, 6.07) is 0. The molecule has 1 aromatic heterocycles. The minimum atomic E-state index is -0.998. The molecule has 0 aromatic carbocycles. The zero-order chi connectivity index (χ0) is 14.6. The van der Waals surface area contributed by atoms with E-state index in [4.69, 9.17) is 5.11 Å². The van der Waals surface area contributed by atoms with E-state index in [1.807, 2.05) is 0 Å². The molecule has 0 aliphatic carbocycles. The Labute approximate surface area is 114 Å². The lowest BCUT2D eigenvalue weighted by molar-refractivity contribution is -0.138.